The minimum absolute atomic E-state index is 0.995. The predicted molar refractivity (Wildman–Crippen MR) is 98.6 cm³/mol. The van der Waals surface area contributed by atoms with Gasteiger partial charge in [-0.1, -0.05) is 59.9 Å². The molecule has 0 fully saturated rings. The second-order valence-electron chi connectivity index (χ2n) is 5.43. The van der Waals surface area contributed by atoms with Crippen molar-refractivity contribution in [1.82, 2.24) is 0 Å². The monoisotopic (exact) mass is 308 g/mol. The van der Waals surface area contributed by atoms with E-state index in [0.29, 0.717) is 0 Å². The molecule has 3 heteroatoms. The molecular weight excluding hydrogens is 286 g/mol. The maximum absolute atomic E-state index is 4.04. The average molecular weight is 309 g/mol. The Balaban J connectivity index is 2.54. The van der Waals surface area contributed by atoms with E-state index < -0.39 is 17.2 Å². The van der Waals surface area contributed by atoms with Crippen LogP contribution in [0.15, 0.2) is 85.2 Å². The third-order valence-electron chi connectivity index (χ3n) is 3.73. The molecule has 0 aliphatic rings. The van der Waals surface area contributed by atoms with Crippen LogP contribution in [0.3, 0.4) is 0 Å². The molecule has 0 N–H and O–H groups in total. The van der Waals surface area contributed by atoms with E-state index in [1.54, 1.807) is 0 Å². The van der Waals surface area contributed by atoms with Crippen molar-refractivity contribution in [2.75, 3.05) is 4.23 Å². The van der Waals surface area contributed by atoms with Gasteiger partial charge in [0.1, 0.15) is 0 Å². The summed E-state index contributed by atoms with van der Waals surface area (Å²) in [5.74, 6) is 0. The molecular formula is C18H22NSi2. The zero-order valence-electron chi connectivity index (χ0n) is 12.8. The smallest absolute Gasteiger partial charge is 0.217 e. The van der Waals surface area contributed by atoms with E-state index in [9.17, 15) is 0 Å². The highest BCUT2D eigenvalue weighted by molar-refractivity contribution is 7.03. The molecule has 0 aromatic heterocycles. The first-order valence-corrected chi connectivity index (χ1v) is 11.7. The molecule has 0 heterocycles. The molecule has 2 aromatic rings. The van der Waals surface area contributed by atoms with Crippen LogP contribution in [0, 0.1) is 0 Å². The van der Waals surface area contributed by atoms with Gasteiger partial charge in [0, 0.05) is 5.69 Å². The van der Waals surface area contributed by atoms with Crippen LogP contribution in [0.1, 0.15) is 0 Å². The SMILES string of the molecule is C=C[Si](C=C)N(c1ccccc1)[Si](C)(C)c1ccccc1. The van der Waals surface area contributed by atoms with Gasteiger partial charge >= 0.3 is 0 Å². The normalized spacial score (nSPS) is 11.2. The van der Waals surface area contributed by atoms with Crippen LogP contribution in [-0.4, -0.2) is 17.2 Å². The molecule has 2 aromatic carbocycles. The van der Waals surface area contributed by atoms with Gasteiger partial charge in [-0.15, -0.1) is 13.2 Å². The van der Waals surface area contributed by atoms with E-state index in [4.69, 9.17) is 0 Å². The number of rotatable bonds is 6. The van der Waals surface area contributed by atoms with Crippen molar-refractivity contribution in [3.8, 4) is 0 Å². The lowest BCUT2D eigenvalue weighted by atomic mass is 10.3. The molecule has 0 aliphatic heterocycles. The van der Waals surface area contributed by atoms with Gasteiger partial charge in [-0.05, 0) is 30.4 Å². The Morgan fingerprint density at radius 2 is 1.33 bits per heavy atom. The van der Waals surface area contributed by atoms with Crippen molar-refractivity contribution in [1.29, 1.82) is 0 Å². The van der Waals surface area contributed by atoms with E-state index in [1.807, 2.05) is 0 Å². The summed E-state index contributed by atoms with van der Waals surface area (Å²) in [6, 6.07) is 21.5. The molecule has 0 saturated heterocycles. The summed E-state index contributed by atoms with van der Waals surface area (Å²) in [5, 5.41) is 1.43. The van der Waals surface area contributed by atoms with Crippen molar-refractivity contribution in [3.63, 3.8) is 0 Å². The minimum atomic E-state index is -1.82. The Labute approximate surface area is 131 Å². The molecule has 1 radical (unpaired) electrons. The summed E-state index contributed by atoms with van der Waals surface area (Å²) in [6.45, 7) is 12.9. The van der Waals surface area contributed by atoms with E-state index in [0.717, 1.165) is 0 Å². The molecule has 0 unspecified atom stereocenters. The summed E-state index contributed by atoms with van der Waals surface area (Å²) < 4.78 is 2.59. The van der Waals surface area contributed by atoms with E-state index in [2.05, 4.69) is 103 Å². The number of anilines is 1. The molecule has 0 amide bonds. The first kappa shape index (κ1) is 15.5. The van der Waals surface area contributed by atoms with Gasteiger partial charge in [0.15, 0.2) is 8.24 Å². The minimum Gasteiger partial charge on any atom is -0.415 e. The Bertz CT molecular complexity index is 585. The molecule has 1 nitrogen and oxygen atoms in total. The lowest BCUT2D eigenvalue weighted by Crippen LogP contribution is -2.63. The lowest BCUT2D eigenvalue weighted by molar-refractivity contribution is 1.44. The van der Waals surface area contributed by atoms with Crippen molar-refractivity contribution >= 4 is 28.1 Å². The van der Waals surface area contributed by atoms with Gasteiger partial charge < -0.3 is 4.23 Å². The molecule has 0 spiro atoms. The summed E-state index contributed by atoms with van der Waals surface area (Å²) >= 11 is 0. The quantitative estimate of drug-likeness (QED) is 0.728. The van der Waals surface area contributed by atoms with Crippen LogP contribution in [-0.2, 0) is 0 Å². The molecule has 0 atom stereocenters. The number of hydrogen-bond donors (Lipinski definition) is 0. The summed E-state index contributed by atoms with van der Waals surface area (Å²) in [7, 11) is -2.81. The van der Waals surface area contributed by atoms with Gasteiger partial charge in [0.25, 0.3) is 0 Å². The molecule has 0 saturated carbocycles. The van der Waals surface area contributed by atoms with Crippen LogP contribution in [0.5, 0.6) is 0 Å². The van der Waals surface area contributed by atoms with Crippen LogP contribution in [0.2, 0.25) is 13.1 Å². The Kier molecular flexibility index (Phi) is 4.99. The molecule has 21 heavy (non-hydrogen) atoms. The fraction of sp³-hybridized carbons (Fsp3) is 0.111. The standard InChI is InChI=1S/C18H22NSi2/c1-5-20(6-2)19(17-13-9-7-10-14-17)21(3,4)18-15-11-8-12-16-18/h5-16H,1-2H2,3-4H3. The third kappa shape index (κ3) is 3.25. The fourth-order valence-electron chi connectivity index (χ4n) is 2.61. The van der Waals surface area contributed by atoms with Crippen LogP contribution >= 0.6 is 0 Å². The third-order valence-corrected chi connectivity index (χ3v) is 10.9. The van der Waals surface area contributed by atoms with Crippen LogP contribution in [0.25, 0.3) is 0 Å². The Morgan fingerprint density at radius 1 is 0.857 bits per heavy atom. The Morgan fingerprint density at radius 3 is 1.81 bits per heavy atom. The highest BCUT2D eigenvalue weighted by atomic mass is 28.4. The highest BCUT2D eigenvalue weighted by Gasteiger charge is 2.35. The van der Waals surface area contributed by atoms with E-state index in [-0.39, 0.29) is 0 Å². The number of benzene rings is 2. The van der Waals surface area contributed by atoms with Gasteiger partial charge in [-0.2, -0.15) is 0 Å². The fourth-order valence-corrected chi connectivity index (χ4v) is 9.17. The zero-order chi connectivity index (χ0) is 15.3. The van der Waals surface area contributed by atoms with Crippen molar-refractivity contribution in [3.05, 3.63) is 85.2 Å². The number of para-hydroxylation sites is 1. The highest BCUT2D eigenvalue weighted by Crippen LogP contribution is 2.23. The van der Waals surface area contributed by atoms with Gasteiger partial charge in [0.05, 0.1) is 0 Å². The molecule has 0 aliphatic carbocycles. The topological polar surface area (TPSA) is 3.24 Å². The molecule has 107 valence electrons. The van der Waals surface area contributed by atoms with Gasteiger partial charge in [0.2, 0.25) is 8.96 Å². The molecule has 2 rings (SSSR count). The second kappa shape index (κ2) is 6.74. The first-order valence-electron chi connectivity index (χ1n) is 7.14. The van der Waals surface area contributed by atoms with Crippen molar-refractivity contribution in [2.45, 2.75) is 13.1 Å². The van der Waals surface area contributed by atoms with E-state index in [1.165, 1.54) is 10.9 Å². The number of hydrogen-bond acceptors (Lipinski definition) is 1. The second-order valence-corrected chi connectivity index (χ2v) is 12.1. The van der Waals surface area contributed by atoms with Gasteiger partial charge in [-0.3, -0.25) is 0 Å². The summed E-state index contributed by atoms with van der Waals surface area (Å²) in [6.07, 6.45) is 0. The predicted octanol–water partition coefficient (Wildman–Crippen LogP) is 4.05. The average Bonchev–Trinajstić information content (AvgIpc) is 2.54. The van der Waals surface area contributed by atoms with E-state index >= 15 is 0 Å². The van der Waals surface area contributed by atoms with Crippen molar-refractivity contribution < 1.29 is 0 Å². The maximum atomic E-state index is 4.04. The largest absolute Gasteiger partial charge is 0.415 e. The molecule has 0 bridgehead atoms. The maximum Gasteiger partial charge on any atom is 0.217 e. The van der Waals surface area contributed by atoms with Gasteiger partial charge in [-0.25, -0.2) is 0 Å². The Hall–Kier alpha value is -1.85. The lowest BCUT2D eigenvalue weighted by Gasteiger charge is -2.42. The van der Waals surface area contributed by atoms with Crippen molar-refractivity contribution in [2.24, 2.45) is 0 Å². The van der Waals surface area contributed by atoms with Crippen LogP contribution < -0.4 is 9.42 Å². The zero-order valence-corrected chi connectivity index (χ0v) is 14.8. The summed E-state index contributed by atoms with van der Waals surface area (Å²) in [5.41, 5.74) is 5.41. The first-order chi connectivity index (χ1) is 10.1. The summed E-state index contributed by atoms with van der Waals surface area (Å²) in [4.78, 5) is 0. The van der Waals surface area contributed by atoms with Crippen LogP contribution in [0.4, 0.5) is 5.69 Å². The number of nitrogens with zero attached hydrogens (tertiary/aromatic N) is 1.